The number of hydrogen-bond donors (Lipinski definition) is 0. The first-order valence-corrected chi connectivity index (χ1v) is 12.4. The lowest BCUT2D eigenvalue weighted by Crippen LogP contribution is -2.25. The Morgan fingerprint density at radius 3 is 2.19 bits per heavy atom. The number of halogens is 4. The van der Waals surface area contributed by atoms with E-state index in [4.69, 9.17) is 0 Å². The molecule has 0 unspecified atom stereocenters. The van der Waals surface area contributed by atoms with Gasteiger partial charge >= 0.3 is 6.18 Å². The summed E-state index contributed by atoms with van der Waals surface area (Å²) in [4.78, 5) is 0. The molecular formula is C28H36F4. The standard InChI is InChI=1S/C28H36F4/c1-2-3-4-7-21-10-15-24(16-11-21)25-17-12-22(13-18-25)8-5-6-9-23-14-19-26(27(29)20-23)28(30,31)32/h5,8,14,19-22,24-25H,2-4,7,10-13,15-18H2,1H3. The van der Waals surface area contributed by atoms with Gasteiger partial charge in [0.1, 0.15) is 5.82 Å². The predicted molar refractivity (Wildman–Crippen MR) is 122 cm³/mol. The molecule has 4 heteroatoms. The first-order chi connectivity index (χ1) is 15.4. The summed E-state index contributed by atoms with van der Waals surface area (Å²) in [5.74, 6) is 7.60. The van der Waals surface area contributed by atoms with Gasteiger partial charge in [-0.1, -0.05) is 63.4 Å². The predicted octanol–water partition coefficient (Wildman–Crippen LogP) is 8.95. The van der Waals surface area contributed by atoms with Crippen molar-refractivity contribution in [1.82, 2.24) is 0 Å². The topological polar surface area (TPSA) is 0 Å². The number of hydrogen-bond acceptors (Lipinski definition) is 0. The highest BCUT2D eigenvalue weighted by molar-refractivity contribution is 5.39. The Balaban J connectivity index is 1.40. The molecule has 0 heterocycles. The molecule has 2 fully saturated rings. The fourth-order valence-electron chi connectivity index (χ4n) is 5.57. The van der Waals surface area contributed by atoms with Crippen LogP contribution in [0.25, 0.3) is 0 Å². The van der Waals surface area contributed by atoms with E-state index in [0.29, 0.717) is 5.92 Å². The molecule has 0 spiro atoms. The summed E-state index contributed by atoms with van der Waals surface area (Å²) >= 11 is 0. The smallest absolute Gasteiger partial charge is 0.206 e. The van der Waals surface area contributed by atoms with Gasteiger partial charge in [-0.2, -0.15) is 13.2 Å². The van der Waals surface area contributed by atoms with Gasteiger partial charge in [0, 0.05) is 5.56 Å². The lowest BCUT2D eigenvalue weighted by Gasteiger charge is -2.37. The van der Waals surface area contributed by atoms with Gasteiger partial charge in [-0.05, 0) is 86.5 Å². The molecular weight excluding hydrogens is 412 g/mol. The van der Waals surface area contributed by atoms with Crippen LogP contribution in [0.5, 0.6) is 0 Å². The summed E-state index contributed by atoms with van der Waals surface area (Å²) in [5, 5.41) is 0. The average molecular weight is 449 g/mol. The van der Waals surface area contributed by atoms with Gasteiger partial charge in [-0.3, -0.25) is 0 Å². The van der Waals surface area contributed by atoms with Crippen molar-refractivity contribution in [2.45, 2.75) is 90.1 Å². The SMILES string of the molecule is CCCCCC1CCC(C2CCC(C=CC#Cc3ccc(C(F)(F)F)c(F)c3)CC2)CC1. The summed E-state index contributed by atoms with van der Waals surface area (Å²) in [6, 6.07) is 2.83. The summed E-state index contributed by atoms with van der Waals surface area (Å²) in [6.45, 7) is 2.27. The molecule has 2 aliphatic carbocycles. The Bertz CT molecular complexity index is 795. The third-order valence-electron chi connectivity index (χ3n) is 7.53. The Labute approximate surface area is 190 Å². The maximum absolute atomic E-state index is 13.6. The van der Waals surface area contributed by atoms with Crippen molar-refractivity contribution in [1.29, 1.82) is 0 Å². The van der Waals surface area contributed by atoms with E-state index >= 15 is 0 Å². The molecule has 1 aromatic carbocycles. The molecule has 0 aromatic heterocycles. The minimum atomic E-state index is -4.68. The van der Waals surface area contributed by atoms with E-state index in [1.807, 2.05) is 0 Å². The van der Waals surface area contributed by atoms with Crippen LogP contribution in [-0.4, -0.2) is 0 Å². The van der Waals surface area contributed by atoms with Crippen molar-refractivity contribution < 1.29 is 17.6 Å². The van der Waals surface area contributed by atoms with Crippen molar-refractivity contribution in [3.63, 3.8) is 0 Å². The van der Waals surface area contributed by atoms with E-state index in [9.17, 15) is 17.6 Å². The summed E-state index contributed by atoms with van der Waals surface area (Å²) < 4.78 is 51.5. The van der Waals surface area contributed by atoms with Gasteiger partial charge in [0.15, 0.2) is 0 Å². The summed E-state index contributed by atoms with van der Waals surface area (Å²) in [7, 11) is 0. The molecule has 3 rings (SSSR count). The normalized spacial score (nSPS) is 26.7. The van der Waals surface area contributed by atoms with E-state index in [0.717, 1.165) is 29.9 Å². The highest BCUT2D eigenvalue weighted by Gasteiger charge is 2.34. The zero-order valence-electron chi connectivity index (χ0n) is 19.2. The van der Waals surface area contributed by atoms with Crippen molar-refractivity contribution in [3.8, 4) is 11.8 Å². The maximum atomic E-state index is 13.6. The molecule has 0 amide bonds. The van der Waals surface area contributed by atoms with Crippen LogP contribution >= 0.6 is 0 Å². The molecule has 0 bridgehead atoms. The van der Waals surface area contributed by atoms with Crippen LogP contribution in [0.3, 0.4) is 0 Å². The molecule has 2 saturated carbocycles. The van der Waals surface area contributed by atoms with Gasteiger partial charge in [0.2, 0.25) is 0 Å². The minimum Gasteiger partial charge on any atom is -0.206 e. The molecule has 0 saturated heterocycles. The summed E-state index contributed by atoms with van der Waals surface area (Å²) in [5.41, 5.74) is -0.991. The first kappa shape index (κ1) is 24.9. The number of unbranched alkanes of at least 4 members (excludes halogenated alkanes) is 2. The van der Waals surface area contributed by atoms with Crippen LogP contribution in [0.15, 0.2) is 30.4 Å². The molecule has 32 heavy (non-hydrogen) atoms. The van der Waals surface area contributed by atoms with Gasteiger partial charge < -0.3 is 0 Å². The van der Waals surface area contributed by atoms with Crippen LogP contribution in [0, 0.1) is 41.3 Å². The molecule has 2 aliphatic rings. The van der Waals surface area contributed by atoms with Crippen molar-refractivity contribution >= 4 is 0 Å². The fourth-order valence-corrected chi connectivity index (χ4v) is 5.57. The van der Waals surface area contributed by atoms with E-state index in [2.05, 4.69) is 24.8 Å². The average Bonchev–Trinajstić information content (AvgIpc) is 2.77. The minimum absolute atomic E-state index is 0.258. The van der Waals surface area contributed by atoms with Crippen LogP contribution in [0.1, 0.15) is 95.1 Å². The second-order valence-electron chi connectivity index (χ2n) is 9.77. The lowest BCUT2D eigenvalue weighted by molar-refractivity contribution is -0.140. The zero-order chi connectivity index (χ0) is 23.0. The van der Waals surface area contributed by atoms with Crippen LogP contribution < -0.4 is 0 Å². The number of rotatable bonds is 6. The molecule has 0 aliphatic heterocycles. The first-order valence-electron chi connectivity index (χ1n) is 12.4. The van der Waals surface area contributed by atoms with Crippen LogP contribution in [0.4, 0.5) is 17.6 Å². The highest BCUT2D eigenvalue weighted by atomic mass is 19.4. The van der Waals surface area contributed by atoms with Gasteiger partial charge in [-0.15, -0.1) is 0 Å². The molecule has 0 radical (unpaired) electrons. The van der Waals surface area contributed by atoms with E-state index in [1.54, 1.807) is 6.08 Å². The fraction of sp³-hybridized carbons (Fsp3) is 0.643. The molecule has 0 N–H and O–H groups in total. The van der Waals surface area contributed by atoms with Gasteiger partial charge in [-0.25, -0.2) is 4.39 Å². The van der Waals surface area contributed by atoms with Crippen LogP contribution in [-0.2, 0) is 6.18 Å². The van der Waals surface area contributed by atoms with E-state index in [-0.39, 0.29) is 5.56 Å². The van der Waals surface area contributed by atoms with E-state index in [1.165, 1.54) is 83.1 Å². The highest BCUT2D eigenvalue weighted by Crippen LogP contribution is 2.42. The van der Waals surface area contributed by atoms with Gasteiger partial charge in [0.25, 0.3) is 0 Å². The van der Waals surface area contributed by atoms with Crippen LogP contribution in [0.2, 0.25) is 0 Å². The lowest BCUT2D eigenvalue weighted by atomic mass is 9.68. The second-order valence-corrected chi connectivity index (χ2v) is 9.77. The largest absolute Gasteiger partial charge is 0.419 e. The number of allylic oxidation sites excluding steroid dienone is 2. The van der Waals surface area contributed by atoms with E-state index < -0.39 is 17.6 Å². The summed E-state index contributed by atoms with van der Waals surface area (Å²) in [6.07, 6.45) is 15.4. The van der Waals surface area contributed by atoms with Crippen molar-refractivity contribution in [2.24, 2.45) is 23.7 Å². The number of alkyl halides is 3. The Morgan fingerprint density at radius 2 is 1.59 bits per heavy atom. The Kier molecular flexibility index (Phi) is 9.26. The third-order valence-corrected chi connectivity index (χ3v) is 7.53. The molecule has 0 atom stereocenters. The molecule has 176 valence electrons. The zero-order valence-corrected chi connectivity index (χ0v) is 19.2. The third kappa shape index (κ3) is 7.39. The maximum Gasteiger partial charge on any atom is 0.419 e. The van der Waals surface area contributed by atoms with Gasteiger partial charge in [0.05, 0.1) is 5.56 Å². The number of benzene rings is 1. The Hall–Kier alpha value is -1.76. The molecule has 1 aromatic rings. The van der Waals surface area contributed by atoms with Crippen molar-refractivity contribution in [3.05, 3.63) is 47.3 Å². The quantitative estimate of drug-likeness (QED) is 0.231. The monoisotopic (exact) mass is 448 g/mol. The van der Waals surface area contributed by atoms with Crippen molar-refractivity contribution in [2.75, 3.05) is 0 Å². The molecule has 0 nitrogen and oxygen atoms in total. The Morgan fingerprint density at radius 1 is 0.938 bits per heavy atom. The second kappa shape index (κ2) is 11.9.